The fourth-order valence-electron chi connectivity index (χ4n) is 4.58. The number of nitrogens with zero attached hydrogens (tertiary/aromatic N) is 3. The third-order valence-electron chi connectivity index (χ3n) is 6.26. The van der Waals surface area contributed by atoms with Gasteiger partial charge in [0, 0.05) is 32.7 Å². The highest BCUT2D eigenvalue weighted by molar-refractivity contribution is 6.43. The van der Waals surface area contributed by atoms with Crippen molar-refractivity contribution < 1.29 is 23.6 Å². The minimum Gasteiger partial charge on any atom is -0.340 e. The summed E-state index contributed by atoms with van der Waals surface area (Å²) in [6, 6.07) is 3.87. The first-order valence-corrected chi connectivity index (χ1v) is 10.7. The number of halogens is 2. The summed E-state index contributed by atoms with van der Waals surface area (Å²) in [5.74, 6) is -4.30. The molecule has 3 amide bonds. The highest BCUT2D eigenvalue weighted by Crippen LogP contribution is 2.37. The number of hydrogen-bond donors (Lipinski definition) is 0. The first-order valence-electron chi connectivity index (χ1n) is 10.3. The Kier molecular flexibility index (Phi) is 5.60. The number of hydrogen-bond acceptors (Lipinski definition) is 4. The topological polar surface area (TPSA) is 78.0 Å². The molecule has 4 rings (SSSR count). The van der Waals surface area contributed by atoms with E-state index in [1.165, 1.54) is 28.0 Å². The normalized spacial score (nSPS) is 24.8. The smallest absolute Gasteiger partial charge is 0.295 e. The van der Waals surface area contributed by atoms with Gasteiger partial charge in [-0.05, 0) is 49.5 Å². The van der Waals surface area contributed by atoms with Crippen molar-refractivity contribution in [3.05, 3.63) is 45.9 Å². The quantitative estimate of drug-likeness (QED) is 0.514. The van der Waals surface area contributed by atoms with Gasteiger partial charge in [-0.25, -0.2) is 4.39 Å². The van der Waals surface area contributed by atoms with Crippen molar-refractivity contribution in [2.75, 3.05) is 20.1 Å². The Morgan fingerprint density at radius 2 is 1.87 bits per heavy atom. The molecule has 0 bridgehead atoms. The number of rotatable bonds is 2. The fraction of sp³-hybridized carbons (Fsp3) is 0.455. The first-order chi connectivity index (χ1) is 14.7. The van der Waals surface area contributed by atoms with Crippen LogP contribution in [0.1, 0.15) is 31.7 Å². The van der Waals surface area contributed by atoms with Gasteiger partial charge in [-0.1, -0.05) is 17.7 Å². The third kappa shape index (κ3) is 3.63. The lowest BCUT2D eigenvalue weighted by Crippen LogP contribution is -2.58. The average Bonchev–Trinajstić information content (AvgIpc) is 2.73. The molecule has 3 heterocycles. The second-order valence-electron chi connectivity index (χ2n) is 8.32. The van der Waals surface area contributed by atoms with Gasteiger partial charge in [0.1, 0.15) is 17.4 Å². The molecule has 3 aliphatic heterocycles. The van der Waals surface area contributed by atoms with Crippen LogP contribution in [0.15, 0.2) is 29.5 Å². The Morgan fingerprint density at radius 1 is 1.13 bits per heavy atom. The predicted octanol–water partition coefficient (Wildman–Crippen LogP) is 2.13. The van der Waals surface area contributed by atoms with Gasteiger partial charge in [-0.2, -0.15) is 0 Å². The lowest BCUT2D eigenvalue weighted by molar-refractivity contribution is -0.155. The highest BCUT2D eigenvalue weighted by atomic mass is 35.5. The Bertz CT molecular complexity index is 1020. The molecule has 2 unspecified atom stereocenters. The second-order valence-corrected chi connectivity index (χ2v) is 8.73. The zero-order valence-electron chi connectivity index (χ0n) is 17.4. The van der Waals surface area contributed by atoms with E-state index >= 15 is 0 Å². The van der Waals surface area contributed by atoms with Crippen LogP contribution in [0.2, 0.25) is 5.02 Å². The molecule has 0 spiro atoms. The molecule has 0 aromatic heterocycles. The van der Waals surface area contributed by atoms with E-state index in [0.29, 0.717) is 30.5 Å². The van der Waals surface area contributed by atoms with Crippen LogP contribution in [0.25, 0.3) is 0 Å². The van der Waals surface area contributed by atoms with E-state index in [9.17, 15) is 23.6 Å². The highest BCUT2D eigenvalue weighted by Gasteiger charge is 2.51. The number of piperidine rings is 1. The van der Waals surface area contributed by atoms with Crippen molar-refractivity contribution in [1.82, 2.24) is 14.7 Å². The van der Waals surface area contributed by atoms with Crippen LogP contribution in [-0.4, -0.2) is 64.4 Å². The fourth-order valence-corrected chi connectivity index (χ4v) is 4.78. The Morgan fingerprint density at radius 3 is 2.58 bits per heavy atom. The van der Waals surface area contributed by atoms with Gasteiger partial charge < -0.3 is 9.80 Å². The van der Waals surface area contributed by atoms with E-state index in [4.69, 9.17) is 11.6 Å². The Labute approximate surface area is 184 Å². The molecule has 164 valence electrons. The zero-order valence-corrected chi connectivity index (χ0v) is 18.1. The van der Waals surface area contributed by atoms with Crippen LogP contribution in [0, 0.1) is 11.7 Å². The van der Waals surface area contributed by atoms with E-state index in [1.54, 1.807) is 11.9 Å². The van der Waals surface area contributed by atoms with E-state index in [-0.39, 0.29) is 35.8 Å². The number of likely N-dealkylation sites (tertiary alicyclic amines) is 1. The minimum absolute atomic E-state index is 0.0542. The number of benzene rings is 1. The summed E-state index contributed by atoms with van der Waals surface area (Å²) in [6.07, 6.45) is 1.69. The molecule has 1 aromatic rings. The monoisotopic (exact) mass is 447 g/mol. The molecule has 0 aliphatic carbocycles. The summed E-state index contributed by atoms with van der Waals surface area (Å²) >= 11 is 5.84. The van der Waals surface area contributed by atoms with Gasteiger partial charge in [-0.15, -0.1) is 0 Å². The molecule has 2 fully saturated rings. The lowest BCUT2D eigenvalue weighted by Gasteiger charge is -2.43. The van der Waals surface area contributed by atoms with Crippen molar-refractivity contribution in [1.29, 1.82) is 0 Å². The summed E-state index contributed by atoms with van der Waals surface area (Å²) in [7, 11) is 1.66. The lowest BCUT2D eigenvalue weighted by atomic mass is 9.80. The van der Waals surface area contributed by atoms with Crippen molar-refractivity contribution in [3.8, 4) is 0 Å². The van der Waals surface area contributed by atoms with Crippen LogP contribution < -0.4 is 0 Å². The molecule has 1 aromatic carbocycles. The molecule has 7 nitrogen and oxygen atoms in total. The van der Waals surface area contributed by atoms with Crippen molar-refractivity contribution in [2.24, 2.45) is 5.92 Å². The van der Waals surface area contributed by atoms with Gasteiger partial charge in [0.05, 0.1) is 5.02 Å². The van der Waals surface area contributed by atoms with Crippen molar-refractivity contribution >= 4 is 35.1 Å². The van der Waals surface area contributed by atoms with Gasteiger partial charge in [-0.3, -0.25) is 24.1 Å². The third-order valence-corrected chi connectivity index (χ3v) is 6.55. The number of amides is 3. The van der Waals surface area contributed by atoms with E-state index in [2.05, 4.69) is 0 Å². The molecule has 0 saturated carbocycles. The maximum absolute atomic E-state index is 13.4. The standard InChI is InChI=1S/C22H23ClFN3O4/c1-12-4-3-8-25(2)21(30)18-14-7-9-26(11-13-5-6-16(24)15(23)10-13)20(29)17(14)19(28)22(31)27(12)18/h5-6,10,12,17H,3-4,7-9,11H2,1-2H3. The molecule has 31 heavy (non-hydrogen) atoms. The average molecular weight is 448 g/mol. The van der Waals surface area contributed by atoms with Crippen LogP contribution >= 0.6 is 11.6 Å². The number of likely N-dealkylation sites (N-methyl/N-ethyl adjacent to an activating group) is 1. The molecule has 0 N–H and O–H groups in total. The van der Waals surface area contributed by atoms with Crippen molar-refractivity contribution in [3.63, 3.8) is 0 Å². The molecule has 9 heteroatoms. The maximum Gasteiger partial charge on any atom is 0.295 e. The van der Waals surface area contributed by atoms with Gasteiger partial charge >= 0.3 is 0 Å². The maximum atomic E-state index is 13.4. The molecular formula is C22H23ClFN3O4. The van der Waals surface area contributed by atoms with E-state index in [0.717, 1.165) is 6.42 Å². The van der Waals surface area contributed by atoms with Crippen LogP contribution in [0.4, 0.5) is 4.39 Å². The zero-order chi connectivity index (χ0) is 22.4. The molecule has 0 radical (unpaired) electrons. The van der Waals surface area contributed by atoms with Gasteiger partial charge in [0.15, 0.2) is 0 Å². The van der Waals surface area contributed by atoms with Gasteiger partial charge in [0.2, 0.25) is 11.7 Å². The number of fused-ring (bicyclic) bond motifs is 2. The number of Topliss-reactive ketones (excluding diaryl/α,β-unsaturated/α-hetero) is 1. The number of carbonyl (C=O) groups excluding carboxylic acids is 4. The second kappa shape index (κ2) is 8.07. The Hall–Kier alpha value is -2.74. The predicted molar refractivity (Wildman–Crippen MR) is 110 cm³/mol. The molecular weight excluding hydrogens is 425 g/mol. The Balaban J connectivity index is 1.71. The largest absolute Gasteiger partial charge is 0.340 e. The first kappa shape index (κ1) is 21.5. The van der Waals surface area contributed by atoms with Gasteiger partial charge in [0.25, 0.3) is 11.8 Å². The van der Waals surface area contributed by atoms with E-state index < -0.39 is 29.3 Å². The summed E-state index contributed by atoms with van der Waals surface area (Å²) < 4.78 is 13.4. The molecule has 2 saturated heterocycles. The number of carbonyl (C=O) groups is 4. The molecule has 3 aliphatic rings. The minimum atomic E-state index is -1.28. The summed E-state index contributed by atoms with van der Waals surface area (Å²) in [5, 5.41) is -0.0542. The van der Waals surface area contributed by atoms with Crippen LogP contribution in [0.3, 0.4) is 0 Å². The SMILES string of the molecule is CC1CCCN(C)C(=O)C2=C3CCN(Cc4ccc(F)c(Cl)c4)C(=O)C3C(=O)C(=O)N21. The van der Waals surface area contributed by atoms with E-state index in [1.807, 2.05) is 6.92 Å². The summed E-state index contributed by atoms with van der Waals surface area (Å²) in [5.41, 5.74) is 1.22. The number of ketones is 1. The summed E-state index contributed by atoms with van der Waals surface area (Å²) in [4.78, 5) is 56.6. The van der Waals surface area contributed by atoms with Crippen molar-refractivity contribution in [2.45, 2.75) is 38.8 Å². The summed E-state index contributed by atoms with van der Waals surface area (Å²) in [6.45, 7) is 2.78. The molecule has 2 atom stereocenters. The van der Waals surface area contributed by atoms with Crippen LogP contribution in [0.5, 0.6) is 0 Å². The van der Waals surface area contributed by atoms with Crippen LogP contribution in [-0.2, 0) is 25.7 Å².